The van der Waals surface area contributed by atoms with Gasteiger partial charge in [0.25, 0.3) is 0 Å². The van der Waals surface area contributed by atoms with E-state index < -0.39 is 0 Å². The van der Waals surface area contributed by atoms with Crippen molar-refractivity contribution >= 4 is 5.78 Å². The lowest BCUT2D eigenvalue weighted by Gasteiger charge is -2.24. The molecule has 0 saturated heterocycles. The average Bonchev–Trinajstić information content (AvgIpc) is 2.51. The van der Waals surface area contributed by atoms with E-state index in [0.29, 0.717) is 30.1 Å². The van der Waals surface area contributed by atoms with Crippen LogP contribution in [0, 0.1) is 5.92 Å². The van der Waals surface area contributed by atoms with Crippen LogP contribution < -0.4 is 9.47 Å². The first-order chi connectivity index (χ1) is 9.78. The Bertz CT molecular complexity index is 625. The van der Waals surface area contributed by atoms with E-state index in [2.05, 4.69) is 4.98 Å². The molecule has 1 unspecified atom stereocenters. The summed E-state index contributed by atoms with van der Waals surface area (Å²) in [5, 5.41) is 0. The summed E-state index contributed by atoms with van der Waals surface area (Å²) in [6.45, 7) is 0.417. The lowest BCUT2D eigenvalue weighted by Crippen LogP contribution is -2.29. The van der Waals surface area contributed by atoms with Gasteiger partial charge in [-0.25, -0.2) is 0 Å². The topological polar surface area (TPSA) is 48.4 Å². The maximum absolute atomic E-state index is 12.5. The number of ketones is 1. The number of hydrogen-bond acceptors (Lipinski definition) is 4. The molecule has 1 atom stereocenters. The summed E-state index contributed by atoms with van der Waals surface area (Å²) in [6.07, 6.45) is 4.14. The van der Waals surface area contributed by atoms with Gasteiger partial charge in [0, 0.05) is 12.4 Å². The summed E-state index contributed by atoms with van der Waals surface area (Å²) in [7, 11) is 1.59. The second kappa shape index (κ2) is 5.33. The quantitative estimate of drug-likeness (QED) is 0.859. The van der Waals surface area contributed by atoms with Crippen LogP contribution in [0.3, 0.4) is 0 Å². The Hall–Kier alpha value is -2.36. The minimum absolute atomic E-state index is 0.113. The molecule has 1 aromatic carbocycles. The maximum atomic E-state index is 12.5. The molecule has 2 heterocycles. The van der Waals surface area contributed by atoms with Crippen LogP contribution in [0.15, 0.2) is 42.7 Å². The van der Waals surface area contributed by atoms with E-state index in [1.807, 2.05) is 12.1 Å². The molecule has 2 aromatic rings. The number of carbonyl (C=O) groups excluding carboxylic acids is 1. The Morgan fingerprint density at radius 3 is 2.85 bits per heavy atom. The van der Waals surface area contributed by atoms with Crippen LogP contribution in [0.4, 0.5) is 0 Å². The van der Waals surface area contributed by atoms with E-state index in [1.54, 1.807) is 37.7 Å². The molecular weight excluding hydrogens is 254 g/mol. The molecule has 1 aromatic heterocycles. The van der Waals surface area contributed by atoms with Gasteiger partial charge in [0.05, 0.1) is 25.2 Å². The van der Waals surface area contributed by atoms with Crippen LogP contribution in [-0.4, -0.2) is 24.5 Å². The van der Waals surface area contributed by atoms with E-state index in [9.17, 15) is 4.79 Å². The number of hydrogen-bond donors (Lipinski definition) is 0. The maximum Gasteiger partial charge on any atom is 0.173 e. The summed E-state index contributed by atoms with van der Waals surface area (Å²) < 4.78 is 10.9. The summed E-state index contributed by atoms with van der Waals surface area (Å²) >= 11 is 0. The molecule has 1 aliphatic heterocycles. The first-order valence-corrected chi connectivity index (χ1v) is 6.52. The van der Waals surface area contributed by atoms with Crippen molar-refractivity contribution in [3.8, 4) is 11.5 Å². The predicted molar refractivity (Wildman–Crippen MR) is 74.3 cm³/mol. The van der Waals surface area contributed by atoms with Gasteiger partial charge in [0.1, 0.15) is 11.5 Å². The molecule has 1 aliphatic rings. The lowest BCUT2D eigenvalue weighted by atomic mass is 9.90. The SMILES string of the molecule is COc1ccc2c(c1)C(=O)C(Cc1ccncc1)CO2. The van der Waals surface area contributed by atoms with Crippen LogP contribution in [0.25, 0.3) is 0 Å². The molecule has 0 N–H and O–H groups in total. The van der Waals surface area contributed by atoms with Crippen molar-refractivity contribution < 1.29 is 14.3 Å². The van der Waals surface area contributed by atoms with Crippen molar-refractivity contribution in [1.29, 1.82) is 0 Å². The van der Waals surface area contributed by atoms with Crippen molar-refractivity contribution in [2.45, 2.75) is 6.42 Å². The first kappa shape index (κ1) is 12.7. The van der Waals surface area contributed by atoms with Crippen molar-refractivity contribution in [3.05, 3.63) is 53.9 Å². The third-order valence-corrected chi connectivity index (χ3v) is 3.49. The minimum Gasteiger partial charge on any atom is -0.497 e. The number of rotatable bonds is 3. The molecule has 0 amide bonds. The van der Waals surface area contributed by atoms with Crippen LogP contribution in [-0.2, 0) is 6.42 Å². The molecule has 0 radical (unpaired) electrons. The summed E-state index contributed by atoms with van der Waals surface area (Å²) in [5.41, 5.74) is 1.70. The Morgan fingerprint density at radius 1 is 1.30 bits per heavy atom. The number of methoxy groups -OCH3 is 1. The van der Waals surface area contributed by atoms with Gasteiger partial charge in [-0.2, -0.15) is 0 Å². The van der Waals surface area contributed by atoms with Crippen molar-refractivity contribution in [2.75, 3.05) is 13.7 Å². The molecule has 20 heavy (non-hydrogen) atoms. The highest BCUT2D eigenvalue weighted by atomic mass is 16.5. The molecule has 3 rings (SSSR count). The fourth-order valence-corrected chi connectivity index (χ4v) is 2.40. The van der Waals surface area contributed by atoms with Gasteiger partial charge in [-0.3, -0.25) is 9.78 Å². The van der Waals surface area contributed by atoms with Crippen LogP contribution in [0.2, 0.25) is 0 Å². The highest BCUT2D eigenvalue weighted by Crippen LogP contribution is 2.31. The fourth-order valence-electron chi connectivity index (χ4n) is 2.40. The number of fused-ring (bicyclic) bond motifs is 1. The molecule has 4 heteroatoms. The summed E-state index contributed by atoms with van der Waals surface area (Å²) in [5.74, 6) is 1.27. The number of carbonyl (C=O) groups is 1. The molecule has 0 fully saturated rings. The molecule has 4 nitrogen and oxygen atoms in total. The molecule has 0 aliphatic carbocycles. The standard InChI is InChI=1S/C16H15NO3/c1-19-13-2-3-15-14(9-13)16(18)12(10-20-15)8-11-4-6-17-7-5-11/h2-7,9,12H,8,10H2,1H3. The second-order valence-corrected chi connectivity index (χ2v) is 4.79. The Kier molecular flexibility index (Phi) is 3.37. The fraction of sp³-hybridized carbons (Fsp3) is 0.250. The minimum atomic E-state index is -0.156. The van der Waals surface area contributed by atoms with Gasteiger partial charge in [-0.15, -0.1) is 0 Å². The Morgan fingerprint density at radius 2 is 2.10 bits per heavy atom. The predicted octanol–water partition coefficient (Wildman–Crippen LogP) is 2.52. The van der Waals surface area contributed by atoms with Crippen molar-refractivity contribution in [2.24, 2.45) is 5.92 Å². The summed E-state index contributed by atoms with van der Waals surface area (Å²) in [6, 6.07) is 9.18. The van der Waals surface area contributed by atoms with Gasteiger partial charge in [0.2, 0.25) is 0 Å². The number of benzene rings is 1. The number of pyridine rings is 1. The normalized spacial score (nSPS) is 17.2. The molecule has 102 valence electrons. The van der Waals surface area contributed by atoms with Gasteiger partial charge >= 0.3 is 0 Å². The second-order valence-electron chi connectivity index (χ2n) is 4.79. The van der Waals surface area contributed by atoms with Gasteiger partial charge in [-0.05, 0) is 42.3 Å². The van der Waals surface area contributed by atoms with Crippen LogP contribution in [0.1, 0.15) is 15.9 Å². The van der Waals surface area contributed by atoms with Crippen LogP contribution >= 0.6 is 0 Å². The molecule has 0 bridgehead atoms. The van der Waals surface area contributed by atoms with E-state index >= 15 is 0 Å². The zero-order chi connectivity index (χ0) is 13.9. The highest BCUT2D eigenvalue weighted by molar-refractivity contribution is 6.01. The van der Waals surface area contributed by atoms with E-state index in [1.165, 1.54) is 0 Å². The smallest absolute Gasteiger partial charge is 0.173 e. The molecule has 0 saturated carbocycles. The van der Waals surface area contributed by atoms with Crippen molar-refractivity contribution in [1.82, 2.24) is 4.98 Å². The van der Waals surface area contributed by atoms with E-state index in [4.69, 9.17) is 9.47 Å². The Balaban J connectivity index is 1.85. The third kappa shape index (κ3) is 2.37. The van der Waals surface area contributed by atoms with Crippen LogP contribution in [0.5, 0.6) is 11.5 Å². The molecule has 0 spiro atoms. The lowest BCUT2D eigenvalue weighted by molar-refractivity contribution is 0.0830. The summed E-state index contributed by atoms with van der Waals surface area (Å²) in [4.78, 5) is 16.5. The highest BCUT2D eigenvalue weighted by Gasteiger charge is 2.29. The average molecular weight is 269 g/mol. The van der Waals surface area contributed by atoms with Gasteiger partial charge in [-0.1, -0.05) is 0 Å². The largest absolute Gasteiger partial charge is 0.497 e. The zero-order valence-corrected chi connectivity index (χ0v) is 11.2. The number of nitrogens with zero attached hydrogens (tertiary/aromatic N) is 1. The number of ether oxygens (including phenoxy) is 2. The van der Waals surface area contributed by atoms with E-state index in [0.717, 1.165) is 5.56 Å². The van der Waals surface area contributed by atoms with Gasteiger partial charge in [0.15, 0.2) is 5.78 Å². The van der Waals surface area contributed by atoms with Gasteiger partial charge < -0.3 is 9.47 Å². The van der Waals surface area contributed by atoms with Crippen molar-refractivity contribution in [3.63, 3.8) is 0 Å². The Labute approximate surface area is 117 Å². The molecular formula is C16H15NO3. The number of aromatic nitrogens is 1. The first-order valence-electron chi connectivity index (χ1n) is 6.52. The number of Topliss-reactive ketones (excluding diaryl/α,β-unsaturated/α-hetero) is 1. The van der Waals surface area contributed by atoms with E-state index in [-0.39, 0.29) is 11.7 Å². The zero-order valence-electron chi connectivity index (χ0n) is 11.2. The monoisotopic (exact) mass is 269 g/mol. The third-order valence-electron chi connectivity index (χ3n) is 3.49.